The fraction of sp³-hybridized carbons (Fsp3) is 0.222. The minimum Gasteiger partial charge on any atom is -0.0654 e. The fourth-order valence-corrected chi connectivity index (χ4v) is 12.8. The van der Waals surface area contributed by atoms with Gasteiger partial charge >= 0.3 is 0 Å². The van der Waals surface area contributed by atoms with Crippen LogP contribution in [-0.2, 0) is 25.7 Å². The highest BCUT2D eigenvalue weighted by atomic mass is 14.2. The van der Waals surface area contributed by atoms with E-state index < -0.39 is 0 Å². The highest BCUT2D eigenvalue weighted by Gasteiger charge is 2.21. The Balaban J connectivity index is 1.13. The highest BCUT2D eigenvalue weighted by molar-refractivity contribution is 6.20. The zero-order chi connectivity index (χ0) is 48.7. The van der Waals surface area contributed by atoms with E-state index in [0.717, 1.165) is 51.4 Å². The lowest BCUT2D eigenvalue weighted by Crippen LogP contribution is -1.96. The van der Waals surface area contributed by atoms with E-state index in [-0.39, 0.29) is 0 Å². The van der Waals surface area contributed by atoms with Crippen molar-refractivity contribution in [3.05, 3.63) is 204 Å². The van der Waals surface area contributed by atoms with Crippen LogP contribution in [0.1, 0.15) is 101 Å². The van der Waals surface area contributed by atoms with Crippen molar-refractivity contribution in [1.82, 2.24) is 0 Å². The molecule has 0 heterocycles. The molecule has 0 radical (unpaired) electrons. The first-order valence-corrected chi connectivity index (χ1v) is 27.4. The quantitative estimate of drug-likeness (QED) is 0.0899. The monoisotopic (exact) mass is 931 g/mol. The maximum atomic E-state index is 2.57. The van der Waals surface area contributed by atoms with Gasteiger partial charge in [0.15, 0.2) is 0 Å². The highest BCUT2D eigenvalue weighted by Crippen LogP contribution is 2.46. The Morgan fingerprint density at radius 3 is 0.694 bits per heavy atom. The number of hydrogen-bond donors (Lipinski definition) is 0. The summed E-state index contributed by atoms with van der Waals surface area (Å²) in [6.45, 7) is 9.28. The molecule has 12 aromatic rings. The number of rotatable bonds is 15. The summed E-state index contributed by atoms with van der Waals surface area (Å²) in [4.78, 5) is 0. The van der Waals surface area contributed by atoms with Crippen LogP contribution in [0.5, 0.6) is 0 Å². The first-order valence-electron chi connectivity index (χ1n) is 27.4. The largest absolute Gasteiger partial charge is 0.0654 e. The molecule has 0 N–H and O–H groups in total. The summed E-state index contributed by atoms with van der Waals surface area (Å²) in [6.07, 6.45) is 13.6. The van der Waals surface area contributed by atoms with E-state index in [1.165, 1.54) is 167 Å². The number of aryl methyl sites for hydroxylation is 4. The van der Waals surface area contributed by atoms with Gasteiger partial charge in [-0.1, -0.05) is 211 Å². The lowest BCUT2D eigenvalue weighted by molar-refractivity contribution is 0.802. The molecule has 0 unspecified atom stereocenters. The molecule has 0 aliphatic carbocycles. The molecule has 0 spiro atoms. The van der Waals surface area contributed by atoms with Crippen LogP contribution >= 0.6 is 0 Å². The second-order valence-corrected chi connectivity index (χ2v) is 20.7. The van der Waals surface area contributed by atoms with Gasteiger partial charge < -0.3 is 0 Å². The maximum absolute atomic E-state index is 2.57. The molecule has 0 aromatic heterocycles. The lowest BCUT2D eigenvalue weighted by Gasteiger charge is -2.20. The Morgan fingerprint density at radius 1 is 0.208 bits per heavy atom. The second-order valence-electron chi connectivity index (χ2n) is 20.7. The molecule has 0 aliphatic heterocycles. The molecule has 0 amide bonds. The van der Waals surface area contributed by atoms with E-state index in [2.05, 4.69) is 210 Å². The summed E-state index contributed by atoms with van der Waals surface area (Å²) in [6, 6.07) is 70.8. The molecular formula is C72H66. The summed E-state index contributed by atoms with van der Waals surface area (Å²) < 4.78 is 0. The van der Waals surface area contributed by atoms with Gasteiger partial charge in [-0.25, -0.2) is 0 Å². The fourth-order valence-electron chi connectivity index (χ4n) is 12.8. The molecular weight excluding hydrogens is 865 g/mol. The molecule has 0 aliphatic rings. The van der Waals surface area contributed by atoms with E-state index in [9.17, 15) is 0 Å². The molecule has 354 valence electrons. The molecule has 0 fully saturated rings. The van der Waals surface area contributed by atoms with Crippen molar-refractivity contribution >= 4 is 86.2 Å². The zero-order valence-corrected chi connectivity index (χ0v) is 42.8. The third-order valence-electron chi connectivity index (χ3n) is 16.3. The standard InChI is InChI=1S/C72H66/c1-5-9-25-51-49-29-15-13-23-47(49)43-67-55(51)31-17-37-61(67)63-39-19-33-57-53(27-11-7-3)59-35-21-41-65(71(59)45-69(57)63)66-42-22-36-60-54(28-12-8-4)58-34-20-40-64(70(58)46-72(60)66)62-38-18-32-56-52(26-10-6-2)50-30-16-14-24-48(50)44-68(56)62/h13-24,29-46H,5-12,25-28H2,1-4H3. The van der Waals surface area contributed by atoms with Gasteiger partial charge in [0.2, 0.25) is 0 Å². The van der Waals surface area contributed by atoms with Gasteiger partial charge in [0.1, 0.15) is 0 Å². The zero-order valence-electron chi connectivity index (χ0n) is 42.8. The summed E-state index contributed by atoms with van der Waals surface area (Å²) in [7, 11) is 0. The van der Waals surface area contributed by atoms with Crippen molar-refractivity contribution < 1.29 is 0 Å². The van der Waals surface area contributed by atoms with Gasteiger partial charge in [0, 0.05) is 0 Å². The molecule has 0 nitrogen and oxygen atoms in total. The van der Waals surface area contributed by atoms with Crippen LogP contribution in [0.25, 0.3) is 120 Å². The van der Waals surface area contributed by atoms with Crippen LogP contribution in [0.2, 0.25) is 0 Å². The van der Waals surface area contributed by atoms with Crippen LogP contribution in [-0.4, -0.2) is 0 Å². The minimum absolute atomic E-state index is 1.05. The number of unbranched alkanes of at least 4 members (excludes halogenated alkanes) is 4. The van der Waals surface area contributed by atoms with Crippen molar-refractivity contribution in [1.29, 1.82) is 0 Å². The molecule has 0 saturated heterocycles. The van der Waals surface area contributed by atoms with Crippen LogP contribution < -0.4 is 0 Å². The van der Waals surface area contributed by atoms with Crippen LogP contribution in [0.15, 0.2) is 182 Å². The summed E-state index contributed by atoms with van der Waals surface area (Å²) in [5.74, 6) is 0. The van der Waals surface area contributed by atoms with Crippen molar-refractivity contribution in [2.24, 2.45) is 0 Å². The minimum atomic E-state index is 1.05. The average Bonchev–Trinajstić information content (AvgIpc) is 3.42. The molecule has 0 heteroatoms. The lowest BCUT2D eigenvalue weighted by atomic mass is 9.83. The van der Waals surface area contributed by atoms with E-state index in [4.69, 9.17) is 0 Å². The van der Waals surface area contributed by atoms with Gasteiger partial charge in [-0.15, -0.1) is 0 Å². The summed E-state index contributed by atoms with van der Waals surface area (Å²) in [5, 5.41) is 21.8. The number of benzene rings is 12. The molecule has 12 rings (SSSR count). The van der Waals surface area contributed by atoms with Crippen LogP contribution in [0.3, 0.4) is 0 Å². The average molecular weight is 931 g/mol. The van der Waals surface area contributed by atoms with Gasteiger partial charge in [-0.05, 0) is 217 Å². The van der Waals surface area contributed by atoms with Gasteiger partial charge in [0.05, 0.1) is 0 Å². The van der Waals surface area contributed by atoms with Crippen molar-refractivity contribution in [2.45, 2.75) is 105 Å². The van der Waals surface area contributed by atoms with Gasteiger partial charge in [-0.2, -0.15) is 0 Å². The second kappa shape index (κ2) is 19.7. The van der Waals surface area contributed by atoms with Crippen LogP contribution in [0, 0.1) is 0 Å². The van der Waals surface area contributed by atoms with E-state index in [0.29, 0.717) is 0 Å². The van der Waals surface area contributed by atoms with Crippen molar-refractivity contribution in [3.63, 3.8) is 0 Å². The van der Waals surface area contributed by atoms with E-state index in [1.54, 1.807) is 0 Å². The molecule has 0 bridgehead atoms. The Bertz CT molecular complexity index is 3770. The first kappa shape index (κ1) is 45.8. The smallest absolute Gasteiger partial charge is 0.00958 e. The number of hydrogen-bond acceptors (Lipinski definition) is 0. The normalized spacial score (nSPS) is 12.0. The Hall–Kier alpha value is -7.28. The Labute approximate surface area is 426 Å². The van der Waals surface area contributed by atoms with Crippen LogP contribution in [0.4, 0.5) is 0 Å². The van der Waals surface area contributed by atoms with Gasteiger partial charge in [-0.3, -0.25) is 0 Å². The Kier molecular flexibility index (Phi) is 12.6. The van der Waals surface area contributed by atoms with E-state index >= 15 is 0 Å². The van der Waals surface area contributed by atoms with Gasteiger partial charge in [0.25, 0.3) is 0 Å². The molecule has 0 saturated carbocycles. The Morgan fingerprint density at radius 2 is 0.431 bits per heavy atom. The summed E-state index contributed by atoms with van der Waals surface area (Å²) in [5.41, 5.74) is 13.8. The predicted octanol–water partition coefficient (Wildman–Crippen LogP) is 21.3. The molecule has 12 aromatic carbocycles. The van der Waals surface area contributed by atoms with E-state index in [1.807, 2.05) is 0 Å². The third kappa shape index (κ3) is 7.83. The first-order chi connectivity index (χ1) is 35.6. The topological polar surface area (TPSA) is 0 Å². The summed E-state index contributed by atoms with van der Waals surface area (Å²) >= 11 is 0. The third-order valence-corrected chi connectivity index (χ3v) is 16.3. The van der Waals surface area contributed by atoms with Crippen molar-refractivity contribution in [2.75, 3.05) is 0 Å². The maximum Gasteiger partial charge on any atom is -0.00958 e. The predicted molar refractivity (Wildman–Crippen MR) is 317 cm³/mol. The SMILES string of the molecule is CCCCc1c2ccccc2cc2c(-c3cccc4c(CCCC)c5cccc(-c6cccc7c(CCCC)c8cccc(-c9cccc%10c(CCCC)c%11ccccc%11cc9%10)c8cc67)c5cc34)cccc12. The molecule has 0 atom stereocenters. The molecule has 72 heavy (non-hydrogen) atoms. The van der Waals surface area contributed by atoms with Crippen molar-refractivity contribution in [3.8, 4) is 33.4 Å². The number of fused-ring (bicyclic) bond motifs is 8.